The third kappa shape index (κ3) is 3.32. The van der Waals surface area contributed by atoms with Crippen LogP contribution >= 0.6 is 0 Å². The molecule has 0 aliphatic carbocycles. The van der Waals surface area contributed by atoms with Gasteiger partial charge in [0, 0.05) is 55.4 Å². The summed E-state index contributed by atoms with van der Waals surface area (Å²) in [4.78, 5) is 30.5. The zero-order valence-corrected chi connectivity index (χ0v) is 17.0. The molecule has 2 aliphatic heterocycles. The number of carbonyl (C=O) groups excluding carboxylic acids is 1. The molecule has 2 aromatic carbocycles. The Labute approximate surface area is 182 Å². The summed E-state index contributed by atoms with van der Waals surface area (Å²) in [7, 11) is 0. The number of allylic oxidation sites excluding steroid dienone is 1. The number of Topliss-reactive ketones (excluding diaryl/α,β-unsaturated/α-hetero) is 1. The fourth-order valence-corrected chi connectivity index (χ4v) is 4.22. The minimum absolute atomic E-state index is 0.0169. The van der Waals surface area contributed by atoms with Crippen LogP contribution in [-0.2, 0) is 6.54 Å². The molecule has 164 valence electrons. The first-order chi connectivity index (χ1) is 15.4. The maximum atomic E-state index is 13.0. The number of benzene rings is 2. The number of hydrogen-bond donors (Lipinski definition) is 4. The number of carbonyl (C=O) groups is 2. The topological polar surface area (TPSA) is 126 Å². The summed E-state index contributed by atoms with van der Waals surface area (Å²) >= 11 is 0. The lowest BCUT2D eigenvalue weighted by Gasteiger charge is -2.33. The molecular weight excluding hydrogens is 414 g/mol. The molecule has 3 heterocycles. The number of phenols is 2. The van der Waals surface area contributed by atoms with Crippen LogP contribution < -0.4 is 4.74 Å². The highest BCUT2D eigenvalue weighted by molar-refractivity contribution is 6.15. The zero-order valence-electron chi connectivity index (χ0n) is 17.0. The van der Waals surface area contributed by atoms with Gasteiger partial charge in [-0.05, 0) is 30.3 Å². The van der Waals surface area contributed by atoms with E-state index in [4.69, 9.17) is 9.84 Å². The number of carboxylic acid groups (broad SMARTS) is 1. The van der Waals surface area contributed by atoms with Crippen molar-refractivity contribution in [1.29, 1.82) is 0 Å². The molecule has 0 spiro atoms. The fraction of sp³-hybridized carbons (Fsp3) is 0.217. The lowest BCUT2D eigenvalue weighted by molar-refractivity contribution is 0.101. The summed E-state index contributed by atoms with van der Waals surface area (Å²) in [5.74, 6) is 0.222. The van der Waals surface area contributed by atoms with Crippen molar-refractivity contribution in [1.82, 2.24) is 14.8 Å². The number of phenolic OH excluding ortho intramolecular Hbond substituents is 2. The van der Waals surface area contributed by atoms with Gasteiger partial charge in [-0.15, -0.1) is 0 Å². The Kier molecular flexibility index (Phi) is 4.75. The van der Waals surface area contributed by atoms with Crippen LogP contribution in [0.1, 0.15) is 21.5 Å². The smallest absolute Gasteiger partial charge is 0.407 e. The van der Waals surface area contributed by atoms with E-state index in [-0.39, 0.29) is 23.0 Å². The summed E-state index contributed by atoms with van der Waals surface area (Å²) in [5.41, 5.74) is 2.20. The number of H-pyrrole nitrogens is 1. The molecule has 1 aromatic heterocycles. The van der Waals surface area contributed by atoms with Crippen LogP contribution in [-0.4, -0.2) is 68.2 Å². The number of hydrogen-bond acceptors (Lipinski definition) is 6. The number of rotatable bonds is 3. The van der Waals surface area contributed by atoms with Crippen molar-refractivity contribution < 1.29 is 29.6 Å². The second-order valence-corrected chi connectivity index (χ2v) is 7.87. The van der Waals surface area contributed by atoms with Crippen LogP contribution in [0.2, 0.25) is 0 Å². The first-order valence-corrected chi connectivity index (χ1v) is 10.2. The van der Waals surface area contributed by atoms with Crippen LogP contribution in [0.25, 0.3) is 17.0 Å². The Hall–Kier alpha value is -3.98. The van der Waals surface area contributed by atoms with Gasteiger partial charge in [-0.3, -0.25) is 9.69 Å². The summed E-state index contributed by atoms with van der Waals surface area (Å²) in [6.45, 7) is 2.11. The van der Waals surface area contributed by atoms with Crippen molar-refractivity contribution in [2.24, 2.45) is 0 Å². The molecule has 0 unspecified atom stereocenters. The Morgan fingerprint density at radius 2 is 1.88 bits per heavy atom. The molecule has 0 saturated carbocycles. The second kappa shape index (κ2) is 7.61. The number of ketones is 1. The average molecular weight is 435 g/mol. The van der Waals surface area contributed by atoms with Gasteiger partial charge < -0.3 is 29.9 Å². The van der Waals surface area contributed by atoms with Crippen molar-refractivity contribution in [2.75, 3.05) is 26.2 Å². The van der Waals surface area contributed by atoms with Crippen LogP contribution in [0.4, 0.5) is 4.79 Å². The predicted molar refractivity (Wildman–Crippen MR) is 116 cm³/mol. The van der Waals surface area contributed by atoms with E-state index in [1.807, 2.05) is 11.0 Å². The normalized spacial score (nSPS) is 17.7. The maximum Gasteiger partial charge on any atom is 0.407 e. The van der Waals surface area contributed by atoms with Gasteiger partial charge in [0.05, 0.1) is 11.1 Å². The van der Waals surface area contributed by atoms with Gasteiger partial charge in [0.15, 0.2) is 5.76 Å². The molecule has 0 radical (unpaired) electrons. The van der Waals surface area contributed by atoms with E-state index in [1.165, 1.54) is 17.0 Å². The van der Waals surface area contributed by atoms with E-state index in [0.717, 1.165) is 5.52 Å². The third-order valence-corrected chi connectivity index (χ3v) is 5.94. The van der Waals surface area contributed by atoms with E-state index >= 15 is 0 Å². The summed E-state index contributed by atoms with van der Waals surface area (Å²) in [5, 5.41) is 30.4. The highest BCUT2D eigenvalue weighted by atomic mass is 16.5. The van der Waals surface area contributed by atoms with Crippen LogP contribution in [0.3, 0.4) is 0 Å². The van der Waals surface area contributed by atoms with Crippen molar-refractivity contribution in [3.8, 4) is 17.2 Å². The SMILES string of the molecule is O=C1/C(=C/c2c[nH]c3cccc(O)c23)Oc2c1ccc(O)c2CN1CCN(C(=O)O)CC1. The number of aromatic hydroxyl groups is 2. The monoisotopic (exact) mass is 435 g/mol. The minimum atomic E-state index is -0.944. The van der Waals surface area contributed by atoms with Gasteiger partial charge >= 0.3 is 6.09 Å². The van der Waals surface area contributed by atoms with Crippen molar-refractivity contribution >= 4 is 28.9 Å². The molecule has 3 aromatic rings. The largest absolute Gasteiger partial charge is 0.507 e. The number of piperazine rings is 1. The third-order valence-electron chi connectivity index (χ3n) is 5.94. The maximum absolute atomic E-state index is 13.0. The Bertz CT molecular complexity index is 1270. The zero-order chi connectivity index (χ0) is 22.4. The molecule has 1 saturated heterocycles. The standard InChI is InChI=1S/C23H21N3O6/c27-17-5-4-14-21(29)19(10-13-11-24-16-2-1-3-18(28)20(13)16)32-22(14)15(17)12-25-6-8-26(9-7-25)23(30)31/h1-5,10-11,24,27-28H,6-9,12H2,(H,30,31)/b19-10-. The quantitative estimate of drug-likeness (QED) is 0.466. The van der Waals surface area contributed by atoms with Gasteiger partial charge in [0.2, 0.25) is 5.78 Å². The lowest BCUT2D eigenvalue weighted by Crippen LogP contribution is -2.47. The summed E-state index contributed by atoms with van der Waals surface area (Å²) in [6.07, 6.45) is 2.32. The van der Waals surface area contributed by atoms with E-state index in [9.17, 15) is 19.8 Å². The van der Waals surface area contributed by atoms with Crippen LogP contribution in [0.15, 0.2) is 42.3 Å². The van der Waals surface area contributed by atoms with Crippen LogP contribution in [0, 0.1) is 0 Å². The number of fused-ring (bicyclic) bond motifs is 2. The van der Waals surface area contributed by atoms with Gasteiger partial charge in [0.1, 0.15) is 17.2 Å². The second-order valence-electron chi connectivity index (χ2n) is 7.87. The number of nitrogens with one attached hydrogen (secondary N) is 1. The first kappa shape index (κ1) is 20.0. The molecule has 1 fully saturated rings. The molecule has 9 nitrogen and oxygen atoms in total. The van der Waals surface area contributed by atoms with Gasteiger partial charge in [0.25, 0.3) is 0 Å². The minimum Gasteiger partial charge on any atom is -0.507 e. The van der Waals surface area contributed by atoms with E-state index in [2.05, 4.69) is 4.98 Å². The van der Waals surface area contributed by atoms with E-state index in [0.29, 0.717) is 60.5 Å². The van der Waals surface area contributed by atoms with Gasteiger partial charge in [-0.25, -0.2) is 4.79 Å². The molecule has 1 amide bonds. The molecule has 5 rings (SSSR count). The summed E-state index contributed by atoms with van der Waals surface area (Å²) < 4.78 is 5.92. The number of aromatic nitrogens is 1. The number of ether oxygens (including phenoxy) is 1. The van der Waals surface area contributed by atoms with Gasteiger partial charge in [-0.1, -0.05) is 6.07 Å². The number of nitrogens with zero attached hydrogens (tertiary/aromatic N) is 2. The molecule has 9 heteroatoms. The van der Waals surface area contributed by atoms with E-state index in [1.54, 1.807) is 24.4 Å². The Morgan fingerprint density at radius 3 is 2.62 bits per heavy atom. The molecule has 32 heavy (non-hydrogen) atoms. The number of amides is 1. The van der Waals surface area contributed by atoms with Crippen molar-refractivity contribution in [3.05, 3.63) is 59.0 Å². The van der Waals surface area contributed by atoms with Gasteiger partial charge in [-0.2, -0.15) is 0 Å². The predicted octanol–water partition coefficient (Wildman–Crippen LogP) is 2.99. The highest BCUT2D eigenvalue weighted by Gasteiger charge is 2.32. The first-order valence-electron chi connectivity index (χ1n) is 10.2. The van der Waals surface area contributed by atoms with E-state index < -0.39 is 6.09 Å². The van der Waals surface area contributed by atoms with Crippen LogP contribution in [0.5, 0.6) is 17.2 Å². The molecule has 4 N–H and O–H groups in total. The Morgan fingerprint density at radius 1 is 1.09 bits per heavy atom. The Balaban J connectivity index is 1.44. The lowest BCUT2D eigenvalue weighted by atomic mass is 10.0. The summed E-state index contributed by atoms with van der Waals surface area (Å²) in [6, 6.07) is 8.13. The molecule has 2 aliphatic rings. The van der Waals surface area contributed by atoms with Crippen molar-refractivity contribution in [2.45, 2.75) is 6.54 Å². The highest BCUT2D eigenvalue weighted by Crippen LogP contribution is 2.41. The molecule has 0 atom stereocenters. The average Bonchev–Trinajstić information content (AvgIpc) is 3.33. The number of aromatic amines is 1. The molecule has 0 bridgehead atoms. The fourth-order valence-electron chi connectivity index (χ4n) is 4.22. The van der Waals surface area contributed by atoms with Crippen molar-refractivity contribution in [3.63, 3.8) is 0 Å². The molecular formula is C23H21N3O6.